The van der Waals surface area contributed by atoms with Crippen LogP contribution in [0.25, 0.3) is 85.4 Å². The van der Waals surface area contributed by atoms with Crippen LogP contribution in [-0.4, -0.2) is 15.0 Å². The molecule has 0 bridgehead atoms. The predicted octanol–water partition coefficient (Wildman–Crippen LogP) is 12.2. The first-order valence-corrected chi connectivity index (χ1v) is 21.9. The third kappa shape index (κ3) is 5.04. The molecule has 294 valence electrons. The van der Waals surface area contributed by atoms with E-state index >= 15 is 0 Å². The predicted molar refractivity (Wildman–Crippen MR) is 251 cm³/mol. The Balaban J connectivity index is 0.971. The molecule has 0 saturated carbocycles. The van der Waals surface area contributed by atoms with Gasteiger partial charge in [-0.25, -0.2) is 15.0 Å². The van der Waals surface area contributed by atoms with Crippen LogP contribution in [0.4, 0.5) is 0 Å². The van der Waals surface area contributed by atoms with Gasteiger partial charge in [-0.05, 0) is 109 Å². The number of hydrogen-bond donors (Lipinski definition) is 0. The fourth-order valence-corrected chi connectivity index (χ4v) is 11.1. The molecule has 1 spiro atoms. The van der Waals surface area contributed by atoms with Crippen LogP contribution in [0.2, 0.25) is 0 Å². The van der Waals surface area contributed by atoms with E-state index in [1.54, 1.807) is 0 Å². The van der Waals surface area contributed by atoms with Crippen molar-refractivity contribution in [2.45, 2.75) is 31.6 Å². The summed E-state index contributed by atoms with van der Waals surface area (Å²) in [6.45, 7) is 4.57. The standard InChI is InChI=1S/C58H41N3O/c1-34-23-24-36-26-28-50-54(46(36)29-34)44-19-7-10-21-49(44)58(50)48-20-9-6-17-41(48)42-27-25-39(32-51(42)58)38-15-12-16-40(31-38)56-59-55(37-13-4-3-5-14-37)60-57(61-56)45-33-53-47(30-35(45)2)43-18-8-11-22-52(43)62-53/h3-28,30-35,45H,29H2,1-2H3. The van der Waals surface area contributed by atoms with Crippen LogP contribution in [-0.2, 0) is 11.8 Å². The van der Waals surface area contributed by atoms with Crippen LogP contribution in [0, 0.1) is 11.8 Å². The lowest BCUT2D eigenvalue weighted by molar-refractivity contribution is 0.555. The number of para-hydroxylation sites is 1. The van der Waals surface area contributed by atoms with Gasteiger partial charge in [0.05, 0.1) is 5.41 Å². The number of hydrogen-bond acceptors (Lipinski definition) is 4. The summed E-state index contributed by atoms with van der Waals surface area (Å²) in [7, 11) is 0. The molecule has 4 nitrogen and oxygen atoms in total. The molecule has 4 unspecified atom stereocenters. The Morgan fingerprint density at radius 2 is 1.24 bits per heavy atom. The van der Waals surface area contributed by atoms with Gasteiger partial charge >= 0.3 is 0 Å². The molecule has 13 rings (SSSR count). The Morgan fingerprint density at radius 3 is 2.11 bits per heavy atom. The van der Waals surface area contributed by atoms with E-state index in [9.17, 15) is 0 Å². The number of benzene rings is 7. The molecule has 7 aromatic carbocycles. The van der Waals surface area contributed by atoms with E-state index in [2.05, 4.69) is 166 Å². The van der Waals surface area contributed by atoms with Crippen LogP contribution in [0.1, 0.15) is 59.0 Å². The molecule has 4 aliphatic carbocycles. The van der Waals surface area contributed by atoms with Gasteiger partial charge in [0.2, 0.25) is 0 Å². The Labute approximate surface area is 360 Å². The fourth-order valence-electron chi connectivity index (χ4n) is 11.1. The lowest BCUT2D eigenvalue weighted by Crippen LogP contribution is -2.29. The molecule has 0 aliphatic heterocycles. The zero-order chi connectivity index (χ0) is 41.1. The topological polar surface area (TPSA) is 51.8 Å². The molecule has 0 N–H and O–H groups in total. The molecule has 0 radical (unpaired) electrons. The van der Waals surface area contributed by atoms with Crippen LogP contribution in [0.3, 0.4) is 0 Å². The van der Waals surface area contributed by atoms with E-state index in [0.29, 0.717) is 17.6 Å². The summed E-state index contributed by atoms with van der Waals surface area (Å²) in [4.78, 5) is 15.6. The smallest absolute Gasteiger partial charge is 0.163 e. The van der Waals surface area contributed by atoms with Crippen molar-refractivity contribution in [2.75, 3.05) is 0 Å². The lowest BCUT2D eigenvalue weighted by atomic mass is 9.69. The first-order valence-electron chi connectivity index (χ1n) is 21.9. The summed E-state index contributed by atoms with van der Waals surface area (Å²) < 4.78 is 6.38. The SMILES string of the molecule is CC1C=Cc2ccc3c(c2C1)-c1ccccc1C31c2ccccc2-c2ccc(-c3cccc(-c4nc(-c5ccccc5)nc(C5C=c6oc7ccccc7c6=CC5C)n4)c3)cc21. The van der Waals surface area contributed by atoms with E-state index in [1.165, 1.54) is 55.6 Å². The molecule has 9 aromatic rings. The van der Waals surface area contributed by atoms with E-state index < -0.39 is 5.41 Å². The number of aromatic nitrogens is 3. The molecule has 2 heterocycles. The lowest BCUT2D eigenvalue weighted by Gasteiger charge is -2.31. The van der Waals surface area contributed by atoms with Gasteiger partial charge in [0.25, 0.3) is 0 Å². The van der Waals surface area contributed by atoms with Gasteiger partial charge < -0.3 is 4.42 Å². The van der Waals surface area contributed by atoms with Crippen LogP contribution >= 0.6 is 0 Å². The second kappa shape index (κ2) is 13.3. The molecule has 2 aromatic heterocycles. The minimum atomic E-state index is -0.428. The largest absolute Gasteiger partial charge is 0.456 e. The van der Waals surface area contributed by atoms with Gasteiger partial charge in [-0.15, -0.1) is 0 Å². The highest BCUT2D eigenvalue weighted by molar-refractivity contribution is 5.97. The zero-order valence-electron chi connectivity index (χ0n) is 34.5. The number of rotatable bonds is 4. The van der Waals surface area contributed by atoms with E-state index in [0.717, 1.165) is 56.1 Å². The van der Waals surface area contributed by atoms with E-state index in [1.807, 2.05) is 30.3 Å². The third-order valence-corrected chi connectivity index (χ3v) is 14.0. The maximum Gasteiger partial charge on any atom is 0.163 e. The van der Waals surface area contributed by atoms with Crippen LogP contribution < -0.4 is 10.6 Å². The monoisotopic (exact) mass is 795 g/mol. The summed E-state index contributed by atoms with van der Waals surface area (Å²) in [5, 5.41) is 2.28. The quantitative estimate of drug-likeness (QED) is 0.178. The fraction of sp³-hybridized carbons (Fsp3) is 0.121. The van der Waals surface area contributed by atoms with Crippen molar-refractivity contribution in [3.8, 4) is 56.2 Å². The third-order valence-electron chi connectivity index (χ3n) is 14.0. The number of furan rings is 1. The minimum Gasteiger partial charge on any atom is -0.456 e. The van der Waals surface area contributed by atoms with Crippen molar-refractivity contribution in [3.63, 3.8) is 0 Å². The van der Waals surface area contributed by atoms with Gasteiger partial charge in [0, 0.05) is 27.6 Å². The second-order valence-electron chi connectivity index (χ2n) is 17.6. The van der Waals surface area contributed by atoms with Gasteiger partial charge in [-0.2, -0.15) is 0 Å². The zero-order valence-corrected chi connectivity index (χ0v) is 34.5. The number of allylic oxidation sites excluding steroid dienone is 1. The number of fused-ring (bicyclic) bond motifs is 15. The molecule has 4 aliphatic rings. The summed E-state index contributed by atoms with van der Waals surface area (Å²) in [6, 6.07) is 57.4. The molecule has 4 heteroatoms. The first-order chi connectivity index (χ1) is 30.5. The highest BCUT2D eigenvalue weighted by atomic mass is 16.3. The van der Waals surface area contributed by atoms with E-state index in [-0.39, 0.29) is 11.8 Å². The van der Waals surface area contributed by atoms with Crippen molar-refractivity contribution in [2.24, 2.45) is 11.8 Å². The van der Waals surface area contributed by atoms with Gasteiger partial charge in [-0.3, -0.25) is 0 Å². The summed E-state index contributed by atoms with van der Waals surface area (Å²) >= 11 is 0. The van der Waals surface area contributed by atoms with Crippen LogP contribution in [0.5, 0.6) is 0 Å². The van der Waals surface area contributed by atoms with E-state index in [4.69, 9.17) is 19.4 Å². The average molecular weight is 796 g/mol. The summed E-state index contributed by atoms with van der Waals surface area (Å²) in [6.07, 6.45) is 10.2. The highest BCUT2D eigenvalue weighted by Gasteiger charge is 2.52. The highest BCUT2D eigenvalue weighted by Crippen LogP contribution is 2.64. The normalized spacial score (nSPS) is 19.8. The maximum atomic E-state index is 6.38. The van der Waals surface area contributed by atoms with Crippen molar-refractivity contribution in [3.05, 3.63) is 214 Å². The Kier molecular flexibility index (Phi) is 7.57. The number of nitrogens with zero attached hydrogens (tertiary/aromatic N) is 3. The average Bonchev–Trinajstić information content (AvgIpc) is 3.95. The molecule has 0 saturated heterocycles. The van der Waals surface area contributed by atoms with Crippen molar-refractivity contribution < 1.29 is 4.42 Å². The van der Waals surface area contributed by atoms with Crippen molar-refractivity contribution >= 4 is 29.2 Å². The Morgan fingerprint density at radius 1 is 0.548 bits per heavy atom. The minimum absolute atomic E-state index is 0.0907. The molecular weight excluding hydrogens is 755 g/mol. The van der Waals surface area contributed by atoms with Crippen molar-refractivity contribution in [1.82, 2.24) is 15.0 Å². The molecule has 0 amide bonds. The maximum absolute atomic E-state index is 6.38. The first kappa shape index (κ1) is 35.3. The van der Waals surface area contributed by atoms with Gasteiger partial charge in [-0.1, -0.05) is 172 Å². The van der Waals surface area contributed by atoms with Crippen LogP contribution in [0.15, 0.2) is 168 Å². The van der Waals surface area contributed by atoms with Crippen molar-refractivity contribution in [1.29, 1.82) is 0 Å². The summed E-state index contributed by atoms with van der Waals surface area (Å²) in [5.41, 5.74) is 19.2. The molecule has 62 heavy (non-hydrogen) atoms. The van der Waals surface area contributed by atoms with Gasteiger partial charge in [0.1, 0.15) is 16.8 Å². The Bertz CT molecular complexity index is 3510. The Hall–Kier alpha value is -7.43. The second-order valence-corrected chi connectivity index (χ2v) is 17.6. The molecular formula is C58H41N3O. The summed E-state index contributed by atoms with van der Waals surface area (Å²) in [5.74, 6) is 2.60. The van der Waals surface area contributed by atoms with Gasteiger partial charge in [0.15, 0.2) is 11.6 Å². The molecule has 0 fully saturated rings. The molecule has 4 atom stereocenters.